The molecule has 2 aromatic rings. The van der Waals surface area contributed by atoms with E-state index >= 15 is 0 Å². The second-order valence-electron chi connectivity index (χ2n) is 4.91. The second-order valence-corrected chi connectivity index (χ2v) is 4.91. The maximum absolute atomic E-state index is 9.45. The van der Waals surface area contributed by atoms with Gasteiger partial charge in [-0.25, -0.2) is 4.98 Å². The molecular formula is C15H18N2O. The van der Waals surface area contributed by atoms with Gasteiger partial charge in [-0.1, -0.05) is 24.3 Å². The molecule has 1 aromatic heterocycles. The van der Waals surface area contributed by atoms with Crippen molar-refractivity contribution >= 4 is 0 Å². The monoisotopic (exact) mass is 242 g/mol. The van der Waals surface area contributed by atoms with E-state index in [1.165, 1.54) is 29.7 Å². The van der Waals surface area contributed by atoms with E-state index < -0.39 is 0 Å². The van der Waals surface area contributed by atoms with Gasteiger partial charge in [0.25, 0.3) is 0 Å². The van der Waals surface area contributed by atoms with Crippen molar-refractivity contribution in [2.75, 3.05) is 0 Å². The van der Waals surface area contributed by atoms with Crippen LogP contribution in [0.1, 0.15) is 29.8 Å². The SMILES string of the molecule is Cc1ccccc1-c1nc(CO)c2n1CCCC2. The number of hydrogen-bond acceptors (Lipinski definition) is 2. The van der Waals surface area contributed by atoms with E-state index in [4.69, 9.17) is 0 Å². The standard InChI is InChI=1S/C15H18N2O/c1-11-6-2-3-7-12(11)15-16-13(10-18)14-8-4-5-9-17(14)15/h2-3,6-7,18H,4-5,8-10H2,1H3. The third-order valence-corrected chi connectivity index (χ3v) is 3.74. The van der Waals surface area contributed by atoms with Crippen LogP contribution < -0.4 is 0 Å². The number of nitrogens with zero attached hydrogens (tertiary/aromatic N) is 2. The fourth-order valence-corrected chi connectivity index (χ4v) is 2.77. The van der Waals surface area contributed by atoms with E-state index in [2.05, 4.69) is 28.6 Å². The Kier molecular flexibility index (Phi) is 2.92. The van der Waals surface area contributed by atoms with Crippen molar-refractivity contribution in [3.8, 4) is 11.4 Å². The summed E-state index contributed by atoms with van der Waals surface area (Å²) in [5.41, 5.74) is 4.50. The highest BCUT2D eigenvalue weighted by Crippen LogP contribution is 2.29. The molecule has 0 aliphatic carbocycles. The molecule has 0 saturated heterocycles. The van der Waals surface area contributed by atoms with Gasteiger partial charge in [0.05, 0.1) is 12.3 Å². The summed E-state index contributed by atoms with van der Waals surface area (Å²) >= 11 is 0. The lowest BCUT2D eigenvalue weighted by Crippen LogP contribution is -2.12. The van der Waals surface area contributed by atoms with Gasteiger partial charge in [-0.3, -0.25) is 0 Å². The summed E-state index contributed by atoms with van der Waals surface area (Å²) in [6.45, 7) is 3.17. The van der Waals surface area contributed by atoms with Gasteiger partial charge in [-0.2, -0.15) is 0 Å². The van der Waals surface area contributed by atoms with Crippen molar-refractivity contribution in [3.63, 3.8) is 0 Å². The van der Waals surface area contributed by atoms with E-state index in [0.717, 1.165) is 24.5 Å². The number of fused-ring (bicyclic) bond motifs is 1. The lowest BCUT2D eigenvalue weighted by Gasteiger charge is -2.17. The Hall–Kier alpha value is -1.61. The highest BCUT2D eigenvalue weighted by molar-refractivity contribution is 5.61. The predicted octanol–water partition coefficient (Wildman–Crippen LogP) is 2.69. The van der Waals surface area contributed by atoms with Crippen molar-refractivity contribution < 1.29 is 5.11 Å². The minimum Gasteiger partial charge on any atom is -0.390 e. The molecule has 3 heteroatoms. The Morgan fingerprint density at radius 2 is 2.11 bits per heavy atom. The molecule has 2 heterocycles. The van der Waals surface area contributed by atoms with E-state index in [0.29, 0.717) is 0 Å². The zero-order chi connectivity index (χ0) is 12.5. The number of aliphatic hydroxyl groups excluding tert-OH is 1. The summed E-state index contributed by atoms with van der Waals surface area (Å²) in [4.78, 5) is 4.65. The summed E-state index contributed by atoms with van der Waals surface area (Å²) in [6, 6.07) is 8.32. The van der Waals surface area contributed by atoms with Crippen LogP contribution in [0.15, 0.2) is 24.3 Å². The Morgan fingerprint density at radius 3 is 2.89 bits per heavy atom. The van der Waals surface area contributed by atoms with Crippen molar-refractivity contribution in [1.82, 2.24) is 9.55 Å². The van der Waals surface area contributed by atoms with Crippen LogP contribution in [0.5, 0.6) is 0 Å². The number of rotatable bonds is 2. The Bertz CT molecular complexity index is 572. The fourth-order valence-electron chi connectivity index (χ4n) is 2.77. The van der Waals surface area contributed by atoms with Crippen LogP contribution in [0.3, 0.4) is 0 Å². The zero-order valence-corrected chi connectivity index (χ0v) is 10.7. The average Bonchev–Trinajstić information content (AvgIpc) is 2.78. The van der Waals surface area contributed by atoms with Gasteiger partial charge < -0.3 is 9.67 Å². The summed E-state index contributed by atoms with van der Waals surface area (Å²) in [7, 11) is 0. The van der Waals surface area contributed by atoms with Gasteiger partial charge in [0.15, 0.2) is 0 Å². The average molecular weight is 242 g/mol. The van der Waals surface area contributed by atoms with Crippen molar-refractivity contribution in [2.45, 2.75) is 39.3 Å². The lowest BCUT2D eigenvalue weighted by atomic mass is 10.1. The number of benzene rings is 1. The van der Waals surface area contributed by atoms with Crippen molar-refractivity contribution in [2.24, 2.45) is 0 Å². The lowest BCUT2D eigenvalue weighted by molar-refractivity contribution is 0.275. The summed E-state index contributed by atoms with van der Waals surface area (Å²) in [5, 5.41) is 9.45. The number of aryl methyl sites for hydroxylation is 1. The van der Waals surface area contributed by atoms with Crippen LogP contribution in [0, 0.1) is 6.92 Å². The number of hydrogen-bond donors (Lipinski definition) is 1. The molecule has 0 atom stereocenters. The normalized spacial score (nSPS) is 14.6. The maximum atomic E-state index is 9.45. The molecular weight excluding hydrogens is 224 g/mol. The molecule has 1 aliphatic heterocycles. The molecule has 18 heavy (non-hydrogen) atoms. The third-order valence-electron chi connectivity index (χ3n) is 3.74. The number of aliphatic hydroxyl groups is 1. The van der Waals surface area contributed by atoms with Crippen LogP contribution in [0.25, 0.3) is 11.4 Å². The molecule has 94 valence electrons. The molecule has 0 saturated carbocycles. The van der Waals surface area contributed by atoms with Crippen LogP contribution >= 0.6 is 0 Å². The second kappa shape index (κ2) is 4.58. The third kappa shape index (κ3) is 1.75. The fraction of sp³-hybridized carbons (Fsp3) is 0.400. The van der Waals surface area contributed by atoms with Gasteiger partial charge in [-0.05, 0) is 31.7 Å². The van der Waals surface area contributed by atoms with Crippen molar-refractivity contribution in [1.29, 1.82) is 0 Å². The highest BCUT2D eigenvalue weighted by atomic mass is 16.3. The van der Waals surface area contributed by atoms with Crippen LogP contribution in [0.2, 0.25) is 0 Å². The van der Waals surface area contributed by atoms with Crippen LogP contribution in [-0.2, 0) is 19.6 Å². The van der Waals surface area contributed by atoms with E-state index in [1.54, 1.807) is 0 Å². The topological polar surface area (TPSA) is 38.1 Å². The van der Waals surface area contributed by atoms with Gasteiger partial charge in [0, 0.05) is 17.8 Å². The van der Waals surface area contributed by atoms with Gasteiger partial charge >= 0.3 is 0 Å². The largest absolute Gasteiger partial charge is 0.390 e. The Morgan fingerprint density at radius 1 is 1.28 bits per heavy atom. The first-order chi connectivity index (χ1) is 8.81. The minimum atomic E-state index is 0.0429. The Labute approximate surface area is 107 Å². The summed E-state index contributed by atoms with van der Waals surface area (Å²) in [5.74, 6) is 1.02. The summed E-state index contributed by atoms with van der Waals surface area (Å²) in [6.07, 6.45) is 3.44. The molecule has 0 radical (unpaired) electrons. The van der Waals surface area contributed by atoms with Crippen molar-refractivity contribution in [3.05, 3.63) is 41.2 Å². The molecule has 0 unspecified atom stereocenters. The molecule has 0 bridgehead atoms. The minimum absolute atomic E-state index is 0.0429. The van der Waals surface area contributed by atoms with Gasteiger partial charge in [0.2, 0.25) is 0 Å². The first-order valence-electron chi connectivity index (χ1n) is 6.56. The number of aromatic nitrogens is 2. The van der Waals surface area contributed by atoms with Crippen LogP contribution in [-0.4, -0.2) is 14.7 Å². The van der Waals surface area contributed by atoms with Gasteiger partial charge in [-0.15, -0.1) is 0 Å². The van der Waals surface area contributed by atoms with E-state index in [-0.39, 0.29) is 6.61 Å². The predicted molar refractivity (Wildman–Crippen MR) is 71.3 cm³/mol. The molecule has 1 aromatic carbocycles. The molecule has 1 aliphatic rings. The zero-order valence-electron chi connectivity index (χ0n) is 10.7. The molecule has 1 N–H and O–H groups in total. The molecule has 0 spiro atoms. The Balaban J connectivity index is 2.18. The number of imidazole rings is 1. The smallest absolute Gasteiger partial charge is 0.140 e. The van der Waals surface area contributed by atoms with E-state index in [9.17, 15) is 5.11 Å². The molecule has 3 rings (SSSR count). The highest BCUT2D eigenvalue weighted by Gasteiger charge is 2.20. The van der Waals surface area contributed by atoms with Gasteiger partial charge in [0.1, 0.15) is 5.82 Å². The molecule has 0 fully saturated rings. The summed E-state index contributed by atoms with van der Waals surface area (Å²) < 4.78 is 2.29. The molecule has 3 nitrogen and oxygen atoms in total. The van der Waals surface area contributed by atoms with E-state index in [1.807, 2.05) is 12.1 Å². The first-order valence-corrected chi connectivity index (χ1v) is 6.56. The first kappa shape index (κ1) is 11.5. The molecule has 0 amide bonds. The maximum Gasteiger partial charge on any atom is 0.140 e. The van der Waals surface area contributed by atoms with Crippen LogP contribution in [0.4, 0.5) is 0 Å². The quantitative estimate of drug-likeness (QED) is 0.879.